The Balaban J connectivity index is 1.48. The van der Waals surface area contributed by atoms with E-state index in [1.807, 2.05) is 49.1 Å². The third-order valence-electron chi connectivity index (χ3n) is 5.60. The van der Waals surface area contributed by atoms with E-state index in [4.69, 9.17) is 0 Å². The number of nitro benzene ring substituents is 1. The molecule has 1 aromatic heterocycles. The van der Waals surface area contributed by atoms with Crippen molar-refractivity contribution in [3.8, 4) is 11.4 Å². The van der Waals surface area contributed by atoms with E-state index in [9.17, 15) is 14.9 Å². The van der Waals surface area contributed by atoms with E-state index in [0.29, 0.717) is 37.7 Å². The van der Waals surface area contributed by atoms with Crippen molar-refractivity contribution in [1.29, 1.82) is 0 Å². The first-order valence-corrected chi connectivity index (χ1v) is 10.6. The number of amides is 1. The molecular formula is C22H25N7O3. The van der Waals surface area contributed by atoms with Gasteiger partial charge >= 0.3 is 0 Å². The molecule has 0 radical (unpaired) electrons. The minimum absolute atomic E-state index is 0.0337. The van der Waals surface area contributed by atoms with Gasteiger partial charge in [0, 0.05) is 37.8 Å². The second-order valence-corrected chi connectivity index (χ2v) is 8.05. The summed E-state index contributed by atoms with van der Waals surface area (Å²) in [4.78, 5) is 29.5. The predicted molar refractivity (Wildman–Crippen MR) is 119 cm³/mol. The molecule has 4 rings (SSSR count). The second kappa shape index (κ2) is 9.13. The highest BCUT2D eigenvalue weighted by atomic mass is 16.6. The first kappa shape index (κ1) is 21.4. The molecule has 0 spiro atoms. The summed E-state index contributed by atoms with van der Waals surface area (Å²) in [5.74, 6) is 0.373. The van der Waals surface area contributed by atoms with Gasteiger partial charge in [-0.25, -0.2) is 0 Å². The maximum atomic E-state index is 13.4. The molecule has 1 aliphatic rings. The lowest BCUT2D eigenvalue weighted by Gasteiger charge is -2.37. The van der Waals surface area contributed by atoms with Crippen LogP contribution in [0.5, 0.6) is 0 Å². The van der Waals surface area contributed by atoms with Gasteiger partial charge in [-0.3, -0.25) is 14.9 Å². The van der Waals surface area contributed by atoms with Gasteiger partial charge in [-0.2, -0.15) is 4.80 Å². The number of rotatable bonds is 6. The monoisotopic (exact) mass is 435 g/mol. The fraction of sp³-hybridized carbons (Fsp3) is 0.364. The van der Waals surface area contributed by atoms with Gasteiger partial charge in [0.2, 0.25) is 11.7 Å². The number of tetrazole rings is 1. The van der Waals surface area contributed by atoms with Gasteiger partial charge < -0.3 is 9.80 Å². The second-order valence-electron chi connectivity index (χ2n) is 8.05. The maximum absolute atomic E-state index is 13.4. The summed E-state index contributed by atoms with van der Waals surface area (Å²) in [5.41, 5.74) is 1.50. The van der Waals surface area contributed by atoms with Crippen LogP contribution in [0.3, 0.4) is 0 Å². The van der Waals surface area contributed by atoms with Gasteiger partial charge in [-0.15, -0.1) is 10.2 Å². The van der Waals surface area contributed by atoms with Crippen molar-refractivity contribution in [1.82, 2.24) is 25.1 Å². The van der Waals surface area contributed by atoms with Crippen LogP contribution in [0.25, 0.3) is 11.4 Å². The van der Waals surface area contributed by atoms with Gasteiger partial charge in [0.1, 0.15) is 5.69 Å². The number of aromatic nitrogens is 4. The van der Waals surface area contributed by atoms with E-state index in [1.54, 1.807) is 23.1 Å². The molecule has 10 heteroatoms. The van der Waals surface area contributed by atoms with Crippen molar-refractivity contribution in [2.75, 3.05) is 31.1 Å². The third-order valence-corrected chi connectivity index (χ3v) is 5.60. The summed E-state index contributed by atoms with van der Waals surface area (Å²) in [6.45, 7) is 5.88. The molecular weight excluding hydrogens is 410 g/mol. The highest BCUT2D eigenvalue weighted by molar-refractivity contribution is 5.81. The molecule has 0 saturated carbocycles. The van der Waals surface area contributed by atoms with Crippen molar-refractivity contribution in [2.45, 2.75) is 19.9 Å². The summed E-state index contributed by atoms with van der Waals surface area (Å²) in [6.07, 6.45) is 0. The highest BCUT2D eigenvalue weighted by Gasteiger charge is 2.33. The van der Waals surface area contributed by atoms with Crippen LogP contribution in [-0.4, -0.2) is 62.1 Å². The van der Waals surface area contributed by atoms with Crippen molar-refractivity contribution in [2.24, 2.45) is 5.92 Å². The average molecular weight is 435 g/mol. The minimum Gasteiger partial charge on any atom is -0.362 e. The molecule has 3 aromatic rings. The van der Waals surface area contributed by atoms with Gasteiger partial charge in [0.25, 0.3) is 5.69 Å². The van der Waals surface area contributed by atoms with E-state index in [-0.39, 0.29) is 22.4 Å². The SMILES string of the molecule is CC(C)C(C(=O)N1CCN(c2ccccc2[N+](=O)[O-])CC1)n1nnc(-c2ccccc2)n1. The number of nitrogens with zero attached hydrogens (tertiary/aromatic N) is 7. The van der Waals surface area contributed by atoms with Crippen molar-refractivity contribution < 1.29 is 9.72 Å². The topological polar surface area (TPSA) is 110 Å². The number of hydrogen-bond donors (Lipinski definition) is 0. The van der Waals surface area contributed by atoms with Gasteiger partial charge in [-0.05, 0) is 17.2 Å². The lowest BCUT2D eigenvalue weighted by atomic mass is 10.0. The summed E-state index contributed by atoms with van der Waals surface area (Å²) in [7, 11) is 0. The first-order chi connectivity index (χ1) is 15.5. The first-order valence-electron chi connectivity index (χ1n) is 10.6. The Bertz CT molecular complexity index is 1090. The number of carbonyl (C=O) groups is 1. The molecule has 1 saturated heterocycles. The normalized spacial score (nSPS) is 15.1. The molecule has 2 heterocycles. The summed E-state index contributed by atoms with van der Waals surface area (Å²) < 4.78 is 0. The van der Waals surface area contributed by atoms with E-state index < -0.39 is 6.04 Å². The van der Waals surface area contributed by atoms with E-state index in [2.05, 4.69) is 15.4 Å². The predicted octanol–water partition coefficient (Wildman–Crippen LogP) is 2.79. The molecule has 0 bridgehead atoms. The smallest absolute Gasteiger partial charge is 0.292 e. The molecule has 0 aliphatic carbocycles. The molecule has 1 aliphatic heterocycles. The molecule has 1 amide bonds. The van der Waals surface area contributed by atoms with Crippen molar-refractivity contribution >= 4 is 17.3 Å². The average Bonchev–Trinajstić information content (AvgIpc) is 3.29. The number of para-hydroxylation sites is 2. The number of benzene rings is 2. The lowest BCUT2D eigenvalue weighted by molar-refractivity contribution is -0.384. The molecule has 1 fully saturated rings. The molecule has 166 valence electrons. The Kier molecular flexibility index (Phi) is 6.11. The Labute approximate surface area is 185 Å². The van der Waals surface area contributed by atoms with E-state index in [0.717, 1.165) is 5.56 Å². The van der Waals surface area contributed by atoms with Gasteiger partial charge in [0.15, 0.2) is 6.04 Å². The Morgan fingerprint density at radius 1 is 1.00 bits per heavy atom. The van der Waals surface area contributed by atoms with Crippen LogP contribution < -0.4 is 4.90 Å². The fourth-order valence-corrected chi connectivity index (χ4v) is 3.94. The van der Waals surface area contributed by atoms with Crippen LogP contribution >= 0.6 is 0 Å². The molecule has 2 aromatic carbocycles. The quantitative estimate of drug-likeness (QED) is 0.432. The van der Waals surface area contributed by atoms with E-state index >= 15 is 0 Å². The third kappa shape index (κ3) is 4.29. The standard InChI is InChI=1S/C22H25N7O3/c1-16(2)20(28-24-21(23-25-28)17-8-4-3-5-9-17)22(30)27-14-12-26(13-15-27)18-10-6-7-11-19(18)29(31)32/h3-11,16,20H,12-15H2,1-2H3. The van der Waals surface area contributed by atoms with Crippen molar-refractivity contribution in [3.63, 3.8) is 0 Å². The fourth-order valence-electron chi connectivity index (χ4n) is 3.94. The van der Waals surface area contributed by atoms with Crippen LogP contribution in [0.4, 0.5) is 11.4 Å². The van der Waals surface area contributed by atoms with Gasteiger partial charge in [0.05, 0.1) is 4.92 Å². The zero-order valence-electron chi connectivity index (χ0n) is 18.0. The summed E-state index contributed by atoms with van der Waals surface area (Å²) in [6, 6.07) is 15.6. The Hall–Kier alpha value is -3.82. The van der Waals surface area contributed by atoms with Crippen molar-refractivity contribution in [3.05, 3.63) is 64.7 Å². The summed E-state index contributed by atoms with van der Waals surface area (Å²) >= 11 is 0. The lowest BCUT2D eigenvalue weighted by Crippen LogP contribution is -2.51. The Morgan fingerprint density at radius 2 is 1.66 bits per heavy atom. The maximum Gasteiger partial charge on any atom is 0.292 e. The number of anilines is 1. The zero-order chi connectivity index (χ0) is 22.7. The van der Waals surface area contributed by atoms with Crippen LogP contribution in [0.15, 0.2) is 54.6 Å². The summed E-state index contributed by atoms with van der Waals surface area (Å²) in [5, 5.41) is 24.1. The number of carbonyl (C=O) groups excluding carboxylic acids is 1. The largest absolute Gasteiger partial charge is 0.362 e. The van der Waals surface area contributed by atoms with E-state index in [1.165, 1.54) is 10.9 Å². The zero-order valence-corrected chi connectivity index (χ0v) is 18.0. The van der Waals surface area contributed by atoms with Crippen LogP contribution in [0.1, 0.15) is 19.9 Å². The number of hydrogen-bond acceptors (Lipinski definition) is 7. The van der Waals surface area contributed by atoms with Crippen LogP contribution in [0, 0.1) is 16.0 Å². The van der Waals surface area contributed by atoms with Gasteiger partial charge in [-0.1, -0.05) is 56.3 Å². The van der Waals surface area contributed by atoms with Crippen LogP contribution in [-0.2, 0) is 4.79 Å². The minimum atomic E-state index is -0.572. The molecule has 1 unspecified atom stereocenters. The molecule has 10 nitrogen and oxygen atoms in total. The molecule has 32 heavy (non-hydrogen) atoms. The molecule has 1 atom stereocenters. The molecule has 0 N–H and O–H groups in total. The van der Waals surface area contributed by atoms with Crippen LogP contribution in [0.2, 0.25) is 0 Å². The number of piperazine rings is 1. The Morgan fingerprint density at radius 3 is 2.31 bits per heavy atom. The number of nitro groups is 1. The highest BCUT2D eigenvalue weighted by Crippen LogP contribution is 2.29.